The minimum atomic E-state index is -0.522. The highest BCUT2D eigenvalue weighted by molar-refractivity contribution is 7.15. The van der Waals surface area contributed by atoms with Crippen molar-refractivity contribution in [3.05, 3.63) is 40.4 Å². The van der Waals surface area contributed by atoms with Gasteiger partial charge >= 0.3 is 0 Å². The van der Waals surface area contributed by atoms with Crippen molar-refractivity contribution in [1.82, 2.24) is 15.1 Å². The zero-order chi connectivity index (χ0) is 18.2. The Kier molecular flexibility index (Phi) is 4.38. The maximum absolute atomic E-state index is 12.3. The summed E-state index contributed by atoms with van der Waals surface area (Å²) >= 11 is 1.24. The van der Waals surface area contributed by atoms with E-state index in [0.717, 1.165) is 0 Å². The molecule has 3 rings (SSSR count). The number of fused-ring (bicyclic) bond motifs is 1. The lowest BCUT2D eigenvalue weighted by atomic mass is 9.96. The van der Waals surface area contributed by atoms with Gasteiger partial charge in [-0.25, -0.2) is 0 Å². The van der Waals surface area contributed by atoms with Gasteiger partial charge in [0.2, 0.25) is 11.0 Å². The van der Waals surface area contributed by atoms with Crippen molar-refractivity contribution < 1.29 is 14.4 Å². The van der Waals surface area contributed by atoms with E-state index in [-0.39, 0.29) is 24.3 Å². The first-order valence-electron chi connectivity index (χ1n) is 7.86. The van der Waals surface area contributed by atoms with Gasteiger partial charge in [-0.1, -0.05) is 44.2 Å². The van der Waals surface area contributed by atoms with E-state index in [2.05, 4.69) is 15.5 Å². The van der Waals surface area contributed by atoms with Crippen LogP contribution in [0.25, 0.3) is 0 Å². The van der Waals surface area contributed by atoms with E-state index in [1.54, 1.807) is 24.3 Å². The predicted octanol–water partition coefficient (Wildman–Crippen LogP) is 2.36. The molecular formula is C17H18N4O3S. The first-order chi connectivity index (χ1) is 11.8. The van der Waals surface area contributed by atoms with Gasteiger partial charge in [-0.15, -0.1) is 10.2 Å². The van der Waals surface area contributed by atoms with Crippen LogP contribution in [0.1, 0.15) is 46.5 Å². The zero-order valence-electron chi connectivity index (χ0n) is 14.2. The molecule has 0 unspecified atom stereocenters. The van der Waals surface area contributed by atoms with Crippen LogP contribution < -0.4 is 5.32 Å². The molecule has 3 amide bonds. The van der Waals surface area contributed by atoms with Crippen molar-refractivity contribution >= 4 is 34.2 Å². The number of amides is 3. The summed E-state index contributed by atoms with van der Waals surface area (Å²) in [6, 6.07) is 6.78. The molecule has 25 heavy (non-hydrogen) atoms. The molecule has 1 aliphatic heterocycles. The van der Waals surface area contributed by atoms with Gasteiger partial charge in [0.25, 0.3) is 11.8 Å². The minimum Gasteiger partial charge on any atom is -0.300 e. The molecule has 0 aliphatic carbocycles. The third-order valence-electron chi connectivity index (χ3n) is 3.80. The lowest BCUT2D eigenvalue weighted by Gasteiger charge is -2.15. The number of anilines is 1. The quantitative estimate of drug-likeness (QED) is 0.847. The van der Waals surface area contributed by atoms with E-state index in [0.29, 0.717) is 27.7 Å². The number of nitrogens with one attached hydrogen (secondary N) is 1. The maximum atomic E-state index is 12.3. The van der Waals surface area contributed by atoms with E-state index < -0.39 is 5.41 Å². The van der Waals surface area contributed by atoms with E-state index in [1.807, 2.05) is 20.8 Å². The van der Waals surface area contributed by atoms with Gasteiger partial charge in [-0.2, -0.15) is 0 Å². The van der Waals surface area contributed by atoms with Crippen LogP contribution in [-0.4, -0.2) is 39.4 Å². The van der Waals surface area contributed by atoms with Crippen LogP contribution in [0.2, 0.25) is 0 Å². The lowest BCUT2D eigenvalue weighted by Crippen LogP contribution is -2.31. The summed E-state index contributed by atoms with van der Waals surface area (Å²) in [6.07, 6.45) is 0.397. The molecule has 0 spiro atoms. The molecule has 0 fully saturated rings. The number of carbonyl (C=O) groups is 3. The molecule has 1 aliphatic rings. The molecule has 0 saturated carbocycles. The number of aromatic nitrogens is 2. The molecule has 2 aromatic rings. The standard InChI is InChI=1S/C17H18N4O3S/c1-17(2,3)15(24)18-16-20-19-12(25-16)8-9-21-13(22)10-6-4-5-7-11(10)14(21)23/h4-7H,8-9H2,1-3H3,(H,18,20,24). The van der Waals surface area contributed by atoms with Crippen molar-refractivity contribution in [2.45, 2.75) is 27.2 Å². The Morgan fingerprint density at radius 3 is 2.28 bits per heavy atom. The summed E-state index contributed by atoms with van der Waals surface area (Å²) in [5.41, 5.74) is 0.345. The highest BCUT2D eigenvalue weighted by atomic mass is 32.1. The number of hydrogen-bond acceptors (Lipinski definition) is 6. The van der Waals surface area contributed by atoms with Crippen LogP contribution in [0.3, 0.4) is 0 Å². The molecule has 1 aromatic carbocycles. The normalized spacial score (nSPS) is 14.0. The smallest absolute Gasteiger partial charge is 0.261 e. The number of benzene rings is 1. The predicted molar refractivity (Wildman–Crippen MR) is 93.5 cm³/mol. The SMILES string of the molecule is CC(C)(C)C(=O)Nc1nnc(CCN2C(=O)c3ccccc3C2=O)s1. The van der Waals surface area contributed by atoms with Crippen molar-refractivity contribution in [2.75, 3.05) is 11.9 Å². The maximum Gasteiger partial charge on any atom is 0.261 e. The third-order valence-corrected chi connectivity index (χ3v) is 4.69. The lowest BCUT2D eigenvalue weighted by molar-refractivity contribution is -0.123. The van der Waals surface area contributed by atoms with Gasteiger partial charge in [0.1, 0.15) is 5.01 Å². The fourth-order valence-corrected chi connectivity index (χ4v) is 3.06. The summed E-state index contributed by atoms with van der Waals surface area (Å²) in [6.45, 7) is 5.67. The van der Waals surface area contributed by atoms with Crippen LogP contribution in [0, 0.1) is 5.41 Å². The van der Waals surface area contributed by atoms with Crippen molar-refractivity contribution in [1.29, 1.82) is 0 Å². The van der Waals surface area contributed by atoms with Crippen LogP contribution in [0.15, 0.2) is 24.3 Å². The van der Waals surface area contributed by atoms with Crippen LogP contribution in [0.4, 0.5) is 5.13 Å². The Morgan fingerprint density at radius 1 is 1.12 bits per heavy atom. The van der Waals surface area contributed by atoms with Gasteiger partial charge in [0.05, 0.1) is 11.1 Å². The number of hydrogen-bond donors (Lipinski definition) is 1. The molecule has 1 aromatic heterocycles. The third kappa shape index (κ3) is 3.43. The Balaban J connectivity index is 1.63. The molecule has 8 heteroatoms. The van der Waals surface area contributed by atoms with Crippen molar-refractivity contribution in [2.24, 2.45) is 5.41 Å². The molecule has 130 valence electrons. The molecule has 7 nitrogen and oxygen atoms in total. The Hall–Kier alpha value is -2.61. The van der Waals surface area contributed by atoms with Crippen LogP contribution >= 0.6 is 11.3 Å². The molecule has 0 radical (unpaired) electrons. The second-order valence-corrected chi connectivity index (χ2v) is 7.82. The summed E-state index contributed by atoms with van der Waals surface area (Å²) in [7, 11) is 0. The average molecular weight is 358 g/mol. The summed E-state index contributed by atoms with van der Waals surface area (Å²) in [4.78, 5) is 37.8. The zero-order valence-corrected chi connectivity index (χ0v) is 15.0. The Bertz CT molecular complexity index is 819. The number of nitrogens with zero attached hydrogens (tertiary/aromatic N) is 3. The molecule has 1 N–H and O–H groups in total. The minimum absolute atomic E-state index is 0.143. The van der Waals surface area contributed by atoms with Crippen LogP contribution in [0.5, 0.6) is 0 Å². The number of imide groups is 1. The molecule has 0 bridgehead atoms. The molecular weight excluding hydrogens is 340 g/mol. The largest absolute Gasteiger partial charge is 0.300 e. The average Bonchev–Trinajstić information content (AvgIpc) is 3.09. The Morgan fingerprint density at radius 2 is 1.72 bits per heavy atom. The van der Waals surface area contributed by atoms with E-state index in [4.69, 9.17) is 0 Å². The van der Waals surface area contributed by atoms with E-state index in [1.165, 1.54) is 16.2 Å². The fourth-order valence-electron chi connectivity index (χ4n) is 2.34. The molecule has 0 atom stereocenters. The first-order valence-corrected chi connectivity index (χ1v) is 8.68. The highest BCUT2D eigenvalue weighted by Gasteiger charge is 2.34. The van der Waals surface area contributed by atoms with Gasteiger partial charge in [0, 0.05) is 18.4 Å². The highest BCUT2D eigenvalue weighted by Crippen LogP contribution is 2.24. The number of rotatable bonds is 4. The Labute approximate surface area is 149 Å². The van der Waals surface area contributed by atoms with Gasteiger partial charge in [0.15, 0.2) is 0 Å². The topological polar surface area (TPSA) is 92.3 Å². The van der Waals surface area contributed by atoms with Gasteiger partial charge in [-0.05, 0) is 12.1 Å². The summed E-state index contributed by atoms with van der Waals surface area (Å²) in [5.74, 6) is -0.715. The van der Waals surface area contributed by atoms with E-state index >= 15 is 0 Å². The molecule has 2 heterocycles. The van der Waals surface area contributed by atoms with E-state index in [9.17, 15) is 14.4 Å². The molecule has 0 saturated heterocycles. The first kappa shape index (κ1) is 17.2. The second kappa shape index (κ2) is 6.36. The van der Waals surface area contributed by atoms with Crippen molar-refractivity contribution in [3.63, 3.8) is 0 Å². The second-order valence-electron chi connectivity index (χ2n) is 6.76. The van der Waals surface area contributed by atoms with Gasteiger partial charge < -0.3 is 5.32 Å². The monoisotopic (exact) mass is 358 g/mol. The fraction of sp³-hybridized carbons (Fsp3) is 0.353. The number of carbonyl (C=O) groups excluding carboxylic acids is 3. The summed E-state index contributed by atoms with van der Waals surface area (Å²) < 4.78 is 0. The van der Waals surface area contributed by atoms with Gasteiger partial charge in [-0.3, -0.25) is 19.3 Å². The summed E-state index contributed by atoms with van der Waals surface area (Å²) in [5, 5.41) is 11.7. The van der Waals surface area contributed by atoms with Crippen molar-refractivity contribution in [3.8, 4) is 0 Å². The van der Waals surface area contributed by atoms with Crippen LogP contribution in [-0.2, 0) is 11.2 Å².